The predicted octanol–water partition coefficient (Wildman–Crippen LogP) is 4.30. The monoisotopic (exact) mass is 455 g/mol. The molecule has 11 heteroatoms. The maximum absolute atomic E-state index is 13.0. The van der Waals surface area contributed by atoms with E-state index in [1.165, 1.54) is 24.4 Å². The van der Waals surface area contributed by atoms with Crippen LogP contribution in [0.4, 0.5) is 17.2 Å². The smallest absolute Gasteiger partial charge is 0.270 e. The molecule has 2 heterocycles. The van der Waals surface area contributed by atoms with Gasteiger partial charge in [0.05, 0.1) is 26.5 Å². The quantitative estimate of drug-likeness (QED) is 0.259. The first-order valence-electron chi connectivity index (χ1n) is 8.93. The second-order valence-corrected chi connectivity index (χ2v) is 8.89. The van der Waals surface area contributed by atoms with Crippen molar-refractivity contribution in [1.29, 1.82) is 0 Å². The fourth-order valence-electron chi connectivity index (χ4n) is 2.91. The summed E-state index contributed by atoms with van der Waals surface area (Å²) in [7, 11) is -3.95. The number of para-hydroxylation sites is 2. The molecule has 1 N–H and O–H groups in total. The van der Waals surface area contributed by atoms with Crippen LogP contribution in [0.1, 0.15) is 5.69 Å². The molecule has 0 aliphatic rings. The van der Waals surface area contributed by atoms with Crippen molar-refractivity contribution in [3.8, 4) is 0 Å². The van der Waals surface area contributed by atoms with Crippen LogP contribution in [0.5, 0.6) is 0 Å². The van der Waals surface area contributed by atoms with E-state index in [1.54, 1.807) is 36.4 Å². The van der Waals surface area contributed by atoms with E-state index >= 15 is 0 Å². The van der Waals surface area contributed by atoms with Gasteiger partial charge in [-0.2, -0.15) is 0 Å². The number of aromatic nitrogens is 3. The second-order valence-electron chi connectivity index (χ2n) is 6.51. The number of benzene rings is 2. The fraction of sp³-hybridized carbons (Fsp3) is 0.0500. The Bertz CT molecular complexity index is 1410. The highest BCUT2D eigenvalue weighted by Gasteiger charge is 2.22. The van der Waals surface area contributed by atoms with Gasteiger partial charge in [0.1, 0.15) is 10.9 Å². The SMILES string of the molecule is O=[N+]([O-])c1cccc(S(=O)(=O)Cc2nc3ccccc3nc2Nc2ccnc(Cl)c2)c1. The first kappa shape index (κ1) is 20.6. The highest BCUT2D eigenvalue weighted by Crippen LogP contribution is 2.27. The van der Waals surface area contributed by atoms with Crippen molar-refractivity contribution >= 4 is 49.7 Å². The van der Waals surface area contributed by atoms with Gasteiger partial charge in [-0.3, -0.25) is 10.1 Å². The number of nitro groups is 1. The van der Waals surface area contributed by atoms with Crippen molar-refractivity contribution in [1.82, 2.24) is 15.0 Å². The predicted molar refractivity (Wildman–Crippen MR) is 116 cm³/mol. The molecule has 0 unspecified atom stereocenters. The molecule has 0 aliphatic carbocycles. The number of nitrogens with one attached hydrogen (secondary N) is 1. The van der Waals surface area contributed by atoms with E-state index in [1.807, 2.05) is 0 Å². The van der Waals surface area contributed by atoms with Crippen molar-refractivity contribution in [2.24, 2.45) is 0 Å². The third-order valence-corrected chi connectivity index (χ3v) is 6.18. The Balaban J connectivity index is 1.78. The maximum Gasteiger partial charge on any atom is 0.270 e. The zero-order chi connectivity index (χ0) is 22.0. The number of rotatable bonds is 6. The third-order valence-electron chi connectivity index (χ3n) is 4.35. The first-order chi connectivity index (χ1) is 14.8. The summed E-state index contributed by atoms with van der Waals surface area (Å²) in [6, 6.07) is 15.2. The number of halogens is 1. The van der Waals surface area contributed by atoms with Gasteiger partial charge in [-0.25, -0.2) is 23.4 Å². The van der Waals surface area contributed by atoms with Crippen molar-refractivity contribution in [3.63, 3.8) is 0 Å². The standard InChI is InChI=1S/C20H14ClN5O4S/c21-19-10-13(8-9-22-19)23-20-18(24-16-6-1-2-7-17(16)25-20)12-31(29,30)15-5-3-4-14(11-15)26(27)28/h1-11H,12H2,(H,22,23,25). The van der Waals surface area contributed by atoms with Crippen LogP contribution in [0.15, 0.2) is 71.8 Å². The lowest BCUT2D eigenvalue weighted by molar-refractivity contribution is -0.385. The van der Waals surface area contributed by atoms with Gasteiger partial charge in [0.25, 0.3) is 5.69 Å². The van der Waals surface area contributed by atoms with E-state index in [0.29, 0.717) is 16.7 Å². The van der Waals surface area contributed by atoms with Gasteiger partial charge in [-0.1, -0.05) is 29.8 Å². The van der Waals surface area contributed by atoms with Crippen LogP contribution < -0.4 is 5.32 Å². The van der Waals surface area contributed by atoms with E-state index in [0.717, 1.165) is 6.07 Å². The van der Waals surface area contributed by atoms with E-state index in [2.05, 4.69) is 20.3 Å². The molecule has 0 bridgehead atoms. The van der Waals surface area contributed by atoms with Gasteiger partial charge < -0.3 is 5.32 Å². The number of hydrogen-bond donors (Lipinski definition) is 1. The van der Waals surface area contributed by atoms with Crippen molar-refractivity contribution in [2.45, 2.75) is 10.6 Å². The van der Waals surface area contributed by atoms with Crippen LogP contribution in [0.3, 0.4) is 0 Å². The molecular weight excluding hydrogens is 442 g/mol. The normalized spacial score (nSPS) is 11.4. The molecule has 0 saturated heterocycles. The highest BCUT2D eigenvalue weighted by atomic mass is 35.5. The lowest BCUT2D eigenvalue weighted by Crippen LogP contribution is -2.10. The summed E-state index contributed by atoms with van der Waals surface area (Å²) in [5.41, 5.74) is 1.50. The van der Waals surface area contributed by atoms with Crippen LogP contribution in [0, 0.1) is 10.1 Å². The Kier molecular flexibility index (Phi) is 5.49. The summed E-state index contributed by atoms with van der Waals surface area (Å²) in [5, 5.41) is 14.3. The summed E-state index contributed by atoms with van der Waals surface area (Å²) in [5.74, 6) is -0.275. The molecule has 0 amide bonds. The highest BCUT2D eigenvalue weighted by molar-refractivity contribution is 7.90. The van der Waals surface area contributed by atoms with E-state index < -0.39 is 20.5 Å². The third kappa shape index (κ3) is 4.60. The van der Waals surface area contributed by atoms with E-state index in [9.17, 15) is 18.5 Å². The Morgan fingerprint density at radius 2 is 1.74 bits per heavy atom. The maximum atomic E-state index is 13.0. The molecule has 9 nitrogen and oxygen atoms in total. The van der Waals surface area contributed by atoms with Crippen molar-refractivity contribution in [2.75, 3.05) is 5.32 Å². The minimum atomic E-state index is -3.95. The molecule has 2 aromatic carbocycles. The lowest BCUT2D eigenvalue weighted by Gasteiger charge is -2.12. The molecule has 0 aliphatic heterocycles. The van der Waals surface area contributed by atoms with Gasteiger partial charge in [0.2, 0.25) is 0 Å². The zero-order valence-electron chi connectivity index (χ0n) is 15.8. The molecular formula is C20H14ClN5O4S. The average Bonchev–Trinajstić information content (AvgIpc) is 2.74. The van der Waals surface area contributed by atoms with E-state index in [-0.39, 0.29) is 27.2 Å². The second kappa shape index (κ2) is 8.25. The largest absolute Gasteiger partial charge is 0.339 e. The molecule has 0 saturated carbocycles. The van der Waals surface area contributed by atoms with Crippen molar-refractivity contribution in [3.05, 3.63) is 87.8 Å². The Morgan fingerprint density at radius 3 is 2.45 bits per heavy atom. The number of non-ortho nitro benzene ring substituents is 1. The Labute approximate surface area is 181 Å². The molecule has 0 spiro atoms. The number of nitrogens with zero attached hydrogens (tertiary/aromatic N) is 4. The number of hydrogen-bond acceptors (Lipinski definition) is 8. The number of pyridine rings is 1. The molecule has 4 rings (SSSR count). The number of anilines is 2. The summed E-state index contributed by atoms with van der Waals surface area (Å²) in [6.07, 6.45) is 1.50. The van der Waals surface area contributed by atoms with Crippen LogP contribution in [-0.4, -0.2) is 28.3 Å². The summed E-state index contributed by atoms with van der Waals surface area (Å²) in [6.45, 7) is 0. The Morgan fingerprint density at radius 1 is 1.00 bits per heavy atom. The molecule has 2 aromatic heterocycles. The van der Waals surface area contributed by atoms with Crippen LogP contribution >= 0.6 is 11.6 Å². The summed E-state index contributed by atoms with van der Waals surface area (Å²) < 4.78 is 26.0. The van der Waals surface area contributed by atoms with Crippen LogP contribution in [0.25, 0.3) is 11.0 Å². The lowest BCUT2D eigenvalue weighted by atomic mass is 10.3. The van der Waals surface area contributed by atoms with Gasteiger partial charge >= 0.3 is 0 Å². The summed E-state index contributed by atoms with van der Waals surface area (Å²) >= 11 is 5.93. The zero-order valence-corrected chi connectivity index (χ0v) is 17.3. The minimum absolute atomic E-state index is 0.165. The van der Waals surface area contributed by atoms with Crippen LogP contribution in [-0.2, 0) is 15.6 Å². The molecule has 0 fully saturated rings. The molecule has 156 valence electrons. The van der Waals surface area contributed by atoms with Gasteiger partial charge in [-0.05, 0) is 30.3 Å². The Hall–Kier alpha value is -3.63. The van der Waals surface area contributed by atoms with Crippen LogP contribution in [0.2, 0.25) is 5.15 Å². The number of nitro benzene ring substituents is 1. The number of sulfone groups is 1. The summed E-state index contributed by atoms with van der Waals surface area (Å²) in [4.78, 5) is 23.1. The average molecular weight is 456 g/mol. The van der Waals surface area contributed by atoms with Crippen molar-refractivity contribution < 1.29 is 13.3 Å². The molecule has 0 radical (unpaired) electrons. The van der Waals surface area contributed by atoms with Gasteiger partial charge in [0.15, 0.2) is 15.7 Å². The van der Waals surface area contributed by atoms with E-state index in [4.69, 9.17) is 11.6 Å². The van der Waals surface area contributed by atoms with Gasteiger partial charge in [-0.15, -0.1) is 0 Å². The topological polar surface area (TPSA) is 128 Å². The number of fused-ring (bicyclic) bond motifs is 1. The molecule has 31 heavy (non-hydrogen) atoms. The fourth-order valence-corrected chi connectivity index (χ4v) is 4.40. The molecule has 4 aromatic rings. The molecule has 0 atom stereocenters. The minimum Gasteiger partial charge on any atom is -0.339 e. The van der Waals surface area contributed by atoms with Gasteiger partial charge in [0, 0.05) is 24.0 Å². The first-order valence-corrected chi connectivity index (χ1v) is 11.0.